The Bertz CT molecular complexity index is 801. The van der Waals surface area contributed by atoms with Crippen LogP contribution in [0.15, 0.2) is 23.4 Å². The van der Waals surface area contributed by atoms with Gasteiger partial charge in [0.05, 0.1) is 11.1 Å². The summed E-state index contributed by atoms with van der Waals surface area (Å²) in [5.41, 5.74) is -1.64. The molecule has 1 aromatic carbocycles. The van der Waals surface area contributed by atoms with Crippen molar-refractivity contribution in [2.45, 2.75) is 11.3 Å². The minimum atomic E-state index is -4.68. The predicted octanol–water partition coefficient (Wildman–Crippen LogP) is 2.57. The van der Waals surface area contributed by atoms with Gasteiger partial charge in [-0.3, -0.25) is 4.57 Å². The number of rotatable bonds is 2. The van der Waals surface area contributed by atoms with E-state index in [-0.39, 0.29) is 0 Å². The third-order valence-corrected chi connectivity index (χ3v) is 3.79. The highest BCUT2D eigenvalue weighted by atomic mass is 35.7. The maximum Gasteiger partial charge on any atom is 0.416 e. The summed E-state index contributed by atoms with van der Waals surface area (Å²) in [6.45, 7) is 0. The van der Waals surface area contributed by atoms with E-state index < -0.39 is 43.2 Å². The van der Waals surface area contributed by atoms with Gasteiger partial charge in [-0.15, -0.1) is 10.2 Å². The molecule has 2 rings (SSSR count). The van der Waals surface area contributed by atoms with Crippen molar-refractivity contribution in [1.29, 1.82) is 0 Å². The monoisotopic (exact) mass is 343 g/mol. The predicted molar refractivity (Wildman–Crippen MR) is 64.4 cm³/mol. The van der Waals surface area contributed by atoms with Crippen molar-refractivity contribution in [3.8, 4) is 11.4 Å². The van der Waals surface area contributed by atoms with E-state index >= 15 is 0 Å². The molecule has 2 aromatic rings. The zero-order valence-corrected chi connectivity index (χ0v) is 11.8. The summed E-state index contributed by atoms with van der Waals surface area (Å²) in [6, 6.07) is 1.69. The Kier molecular flexibility index (Phi) is 3.70. The van der Waals surface area contributed by atoms with Crippen LogP contribution in [-0.2, 0) is 22.3 Å². The zero-order chi connectivity index (χ0) is 16.0. The van der Waals surface area contributed by atoms with Crippen LogP contribution in [0.4, 0.5) is 17.6 Å². The van der Waals surface area contributed by atoms with Gasteiger partial charge in [0.1, 0.15) is 5.82 Å². The molecule has 114 valence electrons. The molecule has 0 saturated carbocycles. The number of hydrogen-bond acceptors (Lipinski definition) is 4. The van der Waals surface area contributed by atoms with E-state index in [0.29, 0.717) is 18.2 Å². The Hall–Kier alpha value is -1.68. The van der Waals surface area contributed by atoms with Crippen molar-refractivity contribution in [3.05, 3.63) is 29.6 Å². The second-order valence-electron chi connectivity index (χ2n) is 4.00. The van der Waals surface area contributed by atoms with Crippen molar-refractivity contribution in [3.63, 3.8) is 0 Å². The molecule has 0 atom stereocenters. The standard InChI is InChI=1S/C10H6ClF4N3O2S/c1-18-8(16-17-9(18)21(11,19)20)6-4-5(10(13,14)15)2-3-7(6)12/h2-4H,1H3. The zero-order valence-electron chi connectivity index (χ0n) is 10.2. The maximum atomic E-state index is 13.7. The molecule has 0 saturated heterocycles. The van der Waals surface area contributed by atoms with E-state index in [9.17, 15) is 26.0 Å². The van der Waals surface area contributed by atoms with Gasteiger partial charge in [-0.25, -0.2) is 12.8 Å². The Morgan fingerprint density at radius 1 is 1.24 bits per heavy atom. The van der Waals surface area contributed by atoms with E-state index in [1.54, 1.807) is 0 Å². The number of halogens is 5. The Labute approximate surface area is 120 Å². The molecule has 0 aliphatic carbocycles. The Morgan fingerprint density at radius 3 is 2.33 bits per heavy atom. The van der Waals surface area contributed by atoms with Gasteiger partial charge in [0, 0.05) is 17.7 Å². The fourth-order valence-corrected chi connectivity index (χ4v) is 2.59. The van der Waals surface area contributed by atoms with E-state index in [1.807, 2.05) is 0 Å². The van der Waals surface area contributed by atoms with Gasteiger partial charge in [-0.05, 0) is 18.2 Å². The van der Waals surface area contributed by atoms with Crippen LogP contribution in [0.3, 0.4) is 0 Å². The van der Waals surface area contributed by atoms with Crippen LogP contribution in [-0.4, -0.2) is 23.2 Å². The first-order valence-corrected chi connectivity index (χ1v) is 7.54. The van der Waals surface area contributed by atoms with Gasteiger partial charge in [-0.1, -0.05) is 0 Å². The summed E-state index contributed by atoms with van der Waals surface area (Å²) in [4.78, 5) is 0. The minimum Gasteiger partial charge on any atom is -0.300 e. The number of alkyl halides is 3. The lowest BCUT2D eigenvalue weighted by Crippen LogP contribution is -2.07. The Morgan fingerprint density at radius 2 is 1.86 bits per heavy atom. The molecule has 0 unspecified atom stereocenters. The molecule has 0 bridgehead atoms. The van der Waals surface area contributed by atoms with Crippen molar-refractivity contribution >= 4 is 19.7 Å². The molecular formula is C10H6ClF4N3O2S. The lowest BCUT2D eigenvalue weighted by Gasteiger charge is -2.09. The van der Waals surface area contributed by atoms with Crippen molar-refractivity contribution in [1.82, 2.24) is 14.8 Å². The first kappa shape index (κ1) is 15.7. The van der Waals surface area contributed by atoms with Crippen LogP contribution < -0.4 is 0 Å². The summed E-state index contributed by atoms with van der Waals surface area (Å²) in [5.74, 6) is -1.39. The number of benzene rings is 1. The molecule has 0 fully saturated rings. The smallest absolute Gasteiger partial charge is 0.300 e. The Balaban J connectivity index is 2.66. The van der Waals surface area contributed by atoms with E-state index in [0.717, 1.165) is 11.6 Å². The van der Waals surface area contributed by atoms with Crippen molar-refractivity contribution < 1.29 is 26.0 Å². The average molecular weight is 344 g/mol. The fourth-order valence-electron chi connectivity index (χ4n) is 1.63. The third kappa shape index (κ3) is 3.00. The van der Waals surface area contributed by atoms with E-state index in [1.165, 1.54) is 0 Å². The summed E-state index contributed by atoms with van der Waals surface area (Å²) >= 11 is 0. The second kappa shape index (κ2) is 4.95. The molecule has 21 heavy (non-hydrogen) atoms. The number of hydrogen-bond donors (Lipinski definition) is 0. The molecule has 5 nitrogen and oxygen atoms in total. The number of aromatic nitrogens is 3. The molecule has 1 aromatic heterocycles. The van der Waals surface area contributed by atoms with Crippen molar-refractivity contribution in [2.24, 2.45) is 7.05 Å². The number of nitrogens with zero attached hydrogens (tertiary/aromatic N) is 3. The highest BCUT2D eigenvalue weighted by Crippen LogP contribution is 2.33. The van der Waals surface area contributed by atoms with Gasteiger partial charge >= 0.3 is 6.18 Å². The normalized spacial score (nSPS) is 12.7. The molecule has 0 aliphatic heterocycles. The lowest BCUT2D eigenvalue weighted by atomic mass is 10.1. The van der Waals surface area contributed by atoms with Gasteiger partial charge in [0.15, 0.2) is 5.82 Å². The average Bonchev–Trinajstić information content (AvgIpc) is 2.70. The fraction of sp³-hybridized carbons (Fsp3) is 0.200. The van der Waals surface area contributed by atoms with Crippen LogP contribution in [0.5, 0.6) is 0 Å². The third-order valence-electron chi connectivity index (χ3n) is 2.59. The van der Waals surface area contributed by atoms with Gasteiger partial charge in [0.25, 0.3) is 14.2 Å². The first-order chi connectivity index (χ1) is 9.51. The molecule has 11 heteroatoms. The van der Waals surface area contributed by atoms with Crippen LogP contribution in [0.2, 0.25) is 0 Å². The van der Waals surface area contributed by atoms with Crippen molar-refractivity contribution in [2.75, 3.05) is 0 Å². The summed E-state index contributed by atoms with van der Waals surface area (Å²) < 4.78 is 74.7. The quantitative estimate of drug-likeness (QED) is 0.621. The molecular weight excluding hydrogens is 338 g/mol. The summed E-state index contributed by atoms with van der Waals surface area (Å²) in [5, 5.41) is 5.92. The maximum absolute atomic E-state index is 13.7. The molecule has 0 amide bonds. The van der Waals surface area contributed by atoms with Crippen LogP contribution in [0.25, 0.3) is 11.4 Å². The first-order valence-electron chi connectivity index (χ1n) is 5.23. The van der Waals surface area contributed by atoms with Crippen LogP contribution in [0.1, 0.15) is 5.56 Å². The lowest BCUT2D eigenvalue weighted by molar-refractivity contribution is -0.137. The van der Waals surface area contributed by atoms with Crippen LogP contribution >= 0.6 is 10.7 Å². The molecule has 1 heterocycles. The second-order valence-corrected chi connectivity index (χ2v) is 6.46. The minimum absolute atomic E-state index is 0.391. The highest BCUT2D eigenvalue weighted by Gasteiger charge is 2.32. The van der Waals surface area contributed by atoms with Gasteiger partial charge in [-0.2, -0.15) is 13.2 Å². The van der Waals surface area contributed by atoms with E-state index in [4.69, 9.17) is 10.7 Å². The van der Waals surface area contributed by atoms with Gasteiger partial charge < -0.3 is 0 Å². The topological polar surface area (TPSA) is 64.8 Å². The van der Waals surface area contributed by atoms with E-state index in [2.05, 4.69) is 10.2 Å². The van der Waals surface area contributed by atoms with Crippen LogP contribution in [0, 0.1) is 5.82 Å². The highest BCUT2D eigenvalue weighted by molar-refractivity contribution is 8.13. The molecule has 0 radical (unpaired) electrons. The summed E-state index contributed by atoms with van der Waals surface area (Å²) in [7, 11) is 1.97. The summed E-state index contributed by atoms with van der Waals surface area (Å²) in [6.07, 6.45) is -4.68. The SMILES string of the molecule is Cn1c(-c2cc(C(F)(F)F)ccc2F)nnc1S(=O)(=O)Cl. The molecule has 0 spiro atoms. The molecule has 0 aliphatic rings. The largest absolute Gasteiger partial charge is 0.416 e. The molecule has 0 N–H and O–H groups in total. The van der Waals surface area contributed by atoms with Gasteiger partial charge in [0.2, 0.25) is 0 Å².